The van der Waals surface area contributed by atoms with Crippen molar-refractivity contribution in [3.8, 4) is 0 Å². The Morgan fingerprint density at radius 1 is 1.00 bits per heavy atom. The number of urea groups is 1. The third-order valence-corrected chi connectivity index (χ3v) is 4.69. The SMILES string of the molecule is CC(C)c1ccc(CC(=O)N2CCN(C(=O)NCC(C)(C)C)CC2)cc1. The van der Waals surface area contributed by atoms with E-state index in [1.807, 2.05) is 17.0 Å². The van der Waals surface area contributed by atoms with Gasteiger partial charge in [-0.15, -0.1) is 0 Å². The fraction of sp³-hybridized carbons (Fsp3) is 0.619. The van der Waals surface area contributed by atoms with E-state index in [4.69, 9.17) is 0 Å². The molecule has 1 aliphatic rings. The van der Waals surface area contributed by atoms with Crippen LogP contribution in [0.1, 0.15) is 51.7 Å². The Morgan fingerprint density at radius 3 is 2.04 bits per heavy atom. The maximum Gasteiger partial charge on any atom is 0.317 e. The molecule has 0 saturated carbocycles. The van der Waals surface area contributed by atoms with Crippen molar-refractivity contribution in [3.05, 3.63) is 35.4 Å². The van der Waals surface area contributed by atoms with Gasteiger partial charge in [0.05, 0.1) is 6.42 Å². The summed E-state index contributed by atoms with van der Waals surface area (Å²) in [5, 5.41) is 2.97. The standard InChI is InChI=1S/C21H33N3O2/c1-16(2)18-8-6-17(7-9-18)14-19(25)23-10-12-24(13-11-23)20(26)22-15-21(3,4)5/h6-9,16H,10-15H2,1-5H3,(H,22,26). The van der Waals surface area contributed by atoms with E-state index in [0.29, 0.717) is 45.1 Å². The lowest BCUT2D eigenvalue weighted by Gasteiger charge is -2.35. The summed E-state index contributed by atoms with van der Waals surface area (Å²) in [6.07, 6.45) is 0.425. The zero-order valence-corrected chi connectivity index (χ0v) is 16.8. The molecule has 0 atom stereocenters. The molecule has 1 saturated heterocycles. The molecule has 0 unspecified atom stereocenters. The molecule has 1 aromatic rings. The number of benzene rings is 1. The van der Waals surface area contributed by atoms with Crippen molar-refractivity contribution >= 4 is 11.9 Å². The zero-order chi connectivity index (χ0) is 19.3. The molecule has 1 aliphatic heterocycles. The van der Waals surface area contributed by atoms with Gasteiger partial charge in [0, 0.05) is 32.7 Å². The minimum Gasteiger partial charge on any atom is -0.339 e. The van der Waals surface area contributed by atoms with Crippen molar-refractivity contribution in [3.63, 3.8) is 0 Å². The average molecular weight is 360 g/mol. The van der Waals surface area contributed by atoms with Gasteiger partial charge in [0.2, 0.25) is 5.91 Å². The van der Waals surface area contributed by atoms with Crippen LogP contribution in [-0.4, -0.2) is 54.5 Å². The molecule has 0 bridgehead atoms. The molecule has 0 aliphatic carbocycles. The fourth-order valence-electron chi connectivity index (χ4n) is 2.92. The highest BCUT2D eigenvalue weighted by Crippen LogP contribution is 2.16. The highest BCUT2D eigenvalue weighted by atomic mass is 16.2. The zero-order valence-electron chi connectivity index (χ0n) is 16.8. The van der Waals surface area contributed by atoms with Crippen LogP contribution in [0.25, 0.3) is 0 Å². The monoisotopic (exact) mass is 359 g/mol. The van der Waals surface area contributed by atoms with Gasteiger partial charge >= 0.3 is 6.03 Å². The van der Waals surface area contributed by atoms with E-state index in [-0.39, 0.29) is 17.4 Å². The predicted octanol–water partition coefficient (Wildman–Crippen LogP) is 3.25. The summed E-state index contributed by atoms with van der Waals surface area (Å²) in [6.45, 7) is 13.7. The molecule has 0 radical (unpaired) electrons. The fourth-order valence-corrected chi connectivity index (χ4v) is 2.92. The number of nitrogens with zero attached hydrogens (tertiary/aromatic N) is 2. The van der Waals surface area contributed by atoms with Crippen LogP contribution < -0.4 is 5.32 Å². The van der Waals surface area contributed by atoms with Crippen LogP contribution in [0.15, 0.2) is 24.3 Å². The average Bonchev–Trinajstić information content (AvgIpc) is 2.59. The molecule has 3 amide bonds. The second kappa shape index (κ2) is 8.56. The predicted molar refractivity (Wildman–Crippen MR) is 105 cm³/mol. The van der Waals surface area contributed by atoms with Crippen LogP contribution in [-0.2, 0) is 11.2 Å². The highest BCUT2D eigenvalue weighted by Gasteiger charge is 2.24. The lowest BCUT2D eigenvalue weighted by Crippen LogP contribution is -2.54. The molecule has 0 aromatic heterocycles. The Hall–Kier alpha value is -2.04. The summed E-state index contributed by atoms with van der Waals surface area (Å²) in [7, 11) is 0. The van der Waals surface area contributed by atoms with Gasteiger partial charge in [-0.25, -0.2) is 4.79 Å². The first kappa shape index (κ1) is 20.3. The molecule has 1 aromatic carbocycles. The number of carbonyl (C=O) groups excluding carboxylic acids is 2. The Bertz CT molecular complexity index is 609. The quantitative estimate of drug-likeness (QED) is 0.897. The summed E-state index contributed by atoms with van der Waals surface area (Å²) in [5.41, 5.74) is 2.40. The summed E-state index contributed by atoms with van der Waals surface area (Å²) in [5.74, 6) is 0.634. The van der Waals surface area contributed by atoms with E-state index in [1.165, 1.54) is 5.56 Å². The van der Waals surface area contributed by atoms with E-state index in [9.17, 15) is 9.59 Å². The maximum absolute atomic E-state index is 12.5. The normalized spacial score (nSPS) is 15.3. The molecule has 144 valence electrons. The van der Waals surface area contributed by atoms with Crippen molar-refractivity contribution in [1.82, 2.24) is 15.1 Å². The van der Waals surface area contributed by atoms with Gasteiger partial charge in [0.15, 0.2) is 0 Å². The molecule has 1 heterocycles. The number of hydrogen-bond acceptors (Lipinski definition) is 2. The van der Waals surface area contributed by atoms with Gasteiger partial charge < -0.3 is 15.1 Å². The van der Waals surface area contributed by atoms with Crippen molar-refractivity contribution in [2.45, 2.75) is 47.0 Å². The highest BCUT2D eigenvalue weighted by molar-refractivity contribution is 5.79. The molecular weight excluding hydrogens is 326 g/mol. The van der Waals surface area contributed by atoms with E-state index in [2.05, 4.69) is 52.1 Å². The molecule has 5 nitrogen and oxygen atoms in total. The van der Waals surface area contributed by atoms with Crippen LogP contribution >= 0.6 is 0 Å². The minimum atomic E-state index is -0.0312. The topological polar surface area (TPSA) is 52.7 Å². The van der Waals surface area contributed by atoms with E-state index < -0.39 is 0 Å². The Kier molecular flexibility index (Phi) is 6.68. The molecule has 0 spiro atoms. The van der Waals surface area contributed by atoms with Crippen LogP contribution in [0.3, 0.4) is 0 Å². The summed E-state index contributed by atoms with van der Waals surface area (Å²) in [4.78, 5) is 28.4. The minimum absolute atomic E-state index is 0.0312. The number of rotatable bonds is 4. The lowest BCUT2D eigenvalue weighted by atomic mass is 9.97. The second-order valence-corrected chi connectivity index (χ2v) is 8.66. The van der Waals surface area contributed by atoms with Gasteiger partial charge in [-0.2, -0.15) is 0 Å². The van der Waals surface area contributed by atoms with Crippen molar-refractivity contribution in [2.24, 2.45) is 5.41 Å². The van der Waals surface area contributed by atoms with Gasteiger partial charge in [-0.05, 0) is 22.5 Å². The second-order valence-electron chi connectivity index (χ2n) is 8.66. The van der Waals surface area contributed by atoms with E-state index in [1.54, 1.807) is 4.90 Å². The Morgan fingerprint density at radius 2 is 1.54 bits per heavy atom. The molecule has 1 fully saturated rings. The molecule has 26 heavy (non-hydrogen) atoms. The van der Waals surface area contributed by atoms with Crippen molar-refractivity contribution in [2.75, 3.05) is 32.7 Å². The number of piperazine rings is 1. The van der Waals surface area contributed by atoms with Gasteiger partial charge in [-0.3, -0.25) is 4.79 Å². The molecule has 5 heteroatoms. The molecule has 1 N–H and O–H groups in total. The largest absolute Gasteiger partial charge is 0.339 e. The molecular formula is C21H33N3O2. The summed E-state index contributed by atoms with van der Waals surface area (Å²) >= 11 is 0. The molecule has 2 rings (SSSR count). The summed E-state index contributed by atoms with van der Waals surface area (Å²) < 4.78 is 0. The first-order valence-corrected chi connectivity index (χ1v) is 9.55. The first-order chi connectivity index (χ1) is 12.2. The van der Waals surface area contributed by atoms with E-state index >= 15 is 0 Å². The van der Waals surface area contributed by atoms with Crippen LogP contribution in [0.5, 0.6) is 0 Å². The summed E-state index contributed by atoms with van der Waals surface area (Å²) in [6, 6.07) is 8.26. The van der Waals surface area contributed by atoms with Crippen molar-refractivity contribution in [1.29, 1.82) is 0 Å². The van der Waals surface area contributed by atoms with Crippen LogP contribution in [0.2, 0.25) is 0 Å². The van der Waals surface area contributed by atoms with E-state index in [0.717, 1.165) is 5.56 Å². The lowest BCUT2D eigenvalue weighted by molar-refractivity contribution is -0.131. The van der Waals surface area contributed by atoms with Crippen LogP contribution in [0, 0.1) is 5.41 Å². The third kappa shape index (κ3) is 6.04. The number of hydrogen-bond donors (Lipinski definition) is 1. The Balaban J connectivity index is 1.79. The smallest absolute Gasteiger partial charge is 0.317 e. The number of nitrogens with one attached hydrogen (secondary N) is 1. The van der Waals surface area contributed by atoms with Crippen LogP contribution in [0.4, 0.5) is 4.79 Å². The van der Waals surface area contributed by atoms with Gasteiger partial charge in [0.25, 0.3) is 0 Å². The van der Waals surface area contributed by atoms with Gasteiger partial charge in [0.1, 0.15) is 0 Å². The number of carbonyl (C=O) groups is 2. The Labute approximate surface area is 157 Å². The third-order valence-electron chi connectivity index (χ3n) is 4.69. The van der Waals surface area contributed by atoms with Gasteiger partial charge in [-0.1, -0.05) is 58.9 Å². The number of amides is 3. The maximum atomic E-state index is 12.5. The van der Waals surface area contributed by atoms with Crippen molar-refractivity contribution < 1.29 is 9.59 Å². The first-order valence-electron chi connectivity index (χ1n) is 9.55.